The van der Waals surface area contributed by atoms with Crippen molar-refractivity contribution in [2.75, 3.05) is 13.1 Å². The van der Waals surface area contributed by atoms with Gasteiger partial charge in [0.1, 0.15) is 11.6 Å². The number of amides is 1. The molecule has 5 nitrogen and oxygen atoms in total. The Hall–Kier alpha value is -2.18. The first-order valence-corrected chi connectivity index (χ1v) is 8.36. The first-order valence-electron chi connectivity index (χ1n) is 8.36. The number of hydrogen-bond acceptors (Lipinski definition) is 2. The highest BCUT2D eigenvalue weighted by atomic mass is 19.1. The number of guanidine groups is 1. The van der Waals surface area contributed by atoms with Crippen LogP contribution in [0.25, 0.3) is 0 Å². The third-order valence-corrected chi connectivity index (χ3v) is 4.41. The van der Waals surface area contributed by atoms with E-state index in [-0.39, 0.29) is 29.5 Å². The van der Waals surface area contributed by atoms with Crippen LogP contribution in [-0.4, -0.2) is 37.0 Å². The van der Waals surface area contributed by atoms with E-state index in [0.717, 1.165) is 6.42 Å². The molecule has 7 heteroatoms. The van der Waals surface area contributed by atoms with Crippen LogP contribution in [0, 0.1) is 11.6 Å². The molecule has 0 bridgehead atoms. The van der Waals surface area contributed by atoms with Crippen molar-refractivity contribution >= 4 is 11.9 Å². The van der Waals surface area contributed by atoms with Gasteiger partial charge in [-0.2, -0.15) is 0 Å². The van der Waals surface area contributed by atoms with E-state index in [1.165, 1.54) is 18.2 Å². The van der Waals surface area contributed by atoms with Crippen LogP contribution in [0.3, 0.4) is 0 Å². The van der Waals surface area contributed by atoms with Crippen LogP contribution >= 0.6 is 0 Å². The largest absolute Gasteiger partial charge is 0.354 e. The topological polar surface area (TPSA) is 65.5 Å². The molecule has 1 heterocycles. The Bertz CT molecular complexity index is 619. The maximum atomic E-state index is 13.9. The van der Waals surface area contributed by atoms with E-state index in [4.69, 9.17) is 0 Å². The number of benzene rings is 1. The van der Waals surface area contributed by atoms with Gasteiger partial charge in [0.15, 0.2) is 5.96 Å². The number of rotatable bonds is 4. The monoisotopic (exact) mass is 336 g/mol. The number of nitrogens with zero attached hydrogens (tertiary/aromatic N) is 1. The molecule has 1 aromatic carbocycles. The number of hydrogen-bond donors (Lipinski definition) is 3. The average Bonchev–Trinajstić information content (AvgIpc) is 3.28. The van der Waals surface area contributed by atoms with Gasteiger partial charge in [0.05, 0.1) is 0 Å². The Balaban J connectivity index is 1.59. The smallest absolute Gasteiger partial charge is 0.220 e. The zero-order valence-corrected chi connectivity index (χ0v) is 13.6. The maximum absolute atomic E-state index is 13.9. The summed E-state index contributed by atoms with van der Waals surface area (Å²) >= 11 is 0. The molecular weight excluding hydrogens is 314 g/mol. The van der Waals surface area contributed by atoms with Gasteiger partial charge in [-0.1, -0.05) is 6.07 Å². The van der Waals surface area contributed by atoms with E-state index in [2.05, 4.69) is 20.9 Å². The number of aliphatic imine (C=N–C) groups is 1. The molecule has 1 aliphatic heterocycles. The lowest BCUT2D eigenvalue weighted by molar-refractivity contribution is -0.122. The van der Waals surface area contributed by atoms with Crippen molar-refractivity contribution in [3.05, 3.63) is 35.4 Å². The molecule has 2 fully saturated rings. The number of piperidine rings is 1. The van der Waals surface area contributed by atoms with Gasteiger partial charge < -0.3 is 16.0 Å². The van der Waals surface area contributed by atoms with Crippen molar-refractivity contribution < 1.29 is 13.6 Å². The minimum atomic E-state index is -0.499. The molecule has 3 N–H and O–H groups in total. The molecule has 1 saturated carbocycles. The van der Waals surface area contributed by atoms with Crippen molar-refractivity contribution in [2.24, 2.45) is 4.99 Å². The number of halogens is 2. The second-order valence-corrected chi connectivity index (χ2v) is 6.24. The fraction of sp³-hybridized carbons (Fsp3) is 0.529. The highest BCUT2D eigenvalue weighted by Crippen LogP contribution is 2.43. The van der Waals surface area contributed by atoms with Gasteiger partial charge in [-0.05, 0) is 31.9 Å². The van der Waals surface area contributed by atoms with Crippen molar-refractivity contribution in [2.45, 2.75) is 44.2 Å². The SMILES string of the molecule is CCN=C(NC1CCC(=O)NC1)NC1CC1c1c(F)cccc1F. The van der Waals surface area contributed by atoms with Crippen LogP contribution < -0.4 is 16.0 Å². The second kappa shape index (κ2) is 7.15. The van der Waals surface area contributed by atoms with Crippen LogP contribution in [0.1, 0.15) is 37.7 Å². The highest BCUT2D eigenvalue weighted by Gasteiger charge is 2.42. The van der Waals surface area contributed by atoms with Crippen LogP contribution in [0.15, 0.2) is 23.2 Å². The summed E-state index contributed by atoms with van der Waals surface area (Å²) in [5.74, 6) is -0.487. The molecule has 1 aliphatic carbocycles. The zero-order valence-electron chi connectivity index (χ0n) is 13.6. The Labute approximate surface area is 139 Å². The van der Waals surface area contributed by atoms with Crippen molar-refractivity contribution in [3.8, 4) is 0 Å². The van der Waals surface area contributed by atoms with Gasteiger partial charge in [0.25, 0.3) is 0 Å². The van der Waals surface area contributed by atoms with Crippen LogP contribution in [0.4, 0.5) is 8.78 Å². The lowest BCUT2D eigenvalue weighted by atomic mass is 10.1. The van der Waals surface area contributed by atoms with Crippen molar-refractivity contribution in [1.82, 2.24) is 16.0 Å². The van der Waals surface area contributed by atoms with Gasteiger partial charge in [-0.3, -0.25) is 9.79 Å². The molecule has 1 aromatic rings. The van der Waals surface area contributed by atoms with Crippen molar-refractivity contribution in [1.29, 1.82) is 0 Å². The fourth-order valence-electron chi connectivity index (χ4n) is 3.05. The van der Waals surface area contributed by atoms with E-state index < -0.39 is 11.6 Å². The normalized spacial score (nSPS) is 26.7. The molecule has 0 spiro atoms. The molecule has 3 rings (SSSR count). The third-order valence-electron chi connectivity index (χ3n) is 4.41. The number of nitrogens with one attached hydrogen (secondary N) is 3. The lowest BCUT2D eigenvalue weighted by Gasteiger charge is -2.25. The number of carbonyl (C=O) groups is 1. The van der Waals surface area contributed by atoms with E-state index in [0.29, 0.717) is 31.9 Å². The average molecular weight is 336 g/mol. The summed E-state index contributed by atoms with van der Waals surface area (Å²) in [5, 5.41) is 9.35. The summed E-state index contributed by atoms with van der Waals surface area (Å²) < 4.78 is 27.7. The van der Waals surface area contributed by atoms with E-state index in [1.807, 2.05) is 6.92 Å². The molecule has 130 valence electrons. The molecule has 1 amide bonds. The molecule has 24 heavy (non-hydrogen) atoms. The van der Waals surface area contributed by atoms with E-state index >= 15 is 0 Å². The molecule has 2 aliphatic rings. The third kappa shape index (κ3) is 3.83. The Kier molecular flexibility index (Phi) is 4.97. The van der Waals surface area contributed by atoms with Crippen LogP contribution in [-0.2, 0) is 4.79 Å². The Morgan fingerprint density at radius 1 is 1.33 bits per heavy atom. The molecular formula is C17H22F2N4O. The first kappa shape index (κ1) is 16.7. The first-order chi connectivity index (χ1) is 11.6. The summed E-state index contributed by atoms with van der Waals surface area (Å²) in [6.45, 7) is 3.08. The van der Waals surface area contributed by atoms with Crippen LogP contribution in [0.5, 0.6) is 0 Å². The Morgan fingerprint density at radius 2 is 2.08 bits per heavy atom. The molecule has 3 atom stereocenters. The predicted molar refractivity (Wildman–Crippen MR) is 87.8 cm³/mol. The zero-order chi connectivity index (χ0) is 17.1. The van der Waals surface area contributed by atoms with Gasteiger partial charge >= 0.3 is 0 Å². The fourth-order valence-corrected chi connectivity index (χ4v) is 3.05. The summed E-state index contributed by atoms with van der Waals surface area (Å²) in [6, 6.07) is 4.03. The Morgan fingerprint density at radius 3 is 2.71 bits per heavy atom. The molecule has 0 aromatic heterocycles. The standard InChI is InChI=1S/C17H22F2N4O/c1-2-20-17(22-10-6-7-15(24)21-9-10)23-14-8-11(14)16-12(18)4-3-5-13(16)19/h3-5,10-11,14H,2,6-9H2,1H3,(H,21,24)(H2,20,22,23). The summed E-state index contributed by atoms with van der Waals surface area (Å²) in [6.07, 6.45) is 1.90. The predicted octanol–water partition coefficient (Wildman–Crippen LogP) is 1.65. The van der Waals surface area contributed by atoms with Gasteiger partial charge in [0, 0.05) is 43.1 Å². The molecule has 1 saturated heterocycles. The van der Waals surface area contributed by atoms with Gasteiger partial charge in [-0.25, -0.2) is 8.78 Å². The maximum Gasteiger partial charge on any atom is 0.220 e. The molecule has 0 radical (unpaired) electrons. The minimum Gasteiger partial charge on any atom is -0.354 e. The summed E-state index contributed by atoms with van der Waals surface area (Å²) in [4.78, 5) is 15.6. The summed E-state index contributed by atoms with van der Waals surface area (Å²) in [7, 11) is 0. The molecule has 3 unspecified atom stereocenters. The highest BCUT2D eigenvalue weighted by molar-refractivity contribution is 5.82. The van der Waals surface area contributed by atoms with Gasteiger partial charge in [-0.15, -0.1) is 0 Å². The van der Waals surface area contributed by atoms with Crippen molar-refractivity contribution in [3.63, 3.8) is 0 Å². The van der Waals surface area contributed by atoms with E-state index in [1.54, 1.807) is 0 Å². The summed E-state index contributed by atoms with van der Waals surface area (Å²) in [5.41, 5.74) is 0.149. The second-order valence-electron chi connectivity index (χ2n) is 6.24. The lowest BCUT2D eigenvalue weighted by Crippen LogP contribution is -2.51. The van der Waals surface area contributed by atoms with E-state index in [9.17, 15) is 13.6 Å². The van der Waals surface area contributed by atoms with Gasteiger partial charge in [0.2, 0.25) is 5.91 Å². The quantitative estimate of drug-likeness (QED) is 0.579. The number of carbonyl (C=O) groups excluding carboxylic acids is 1. The van der Waals surface area contributed by atoms with Crippen LogP contribution in [0.2, 0.25) is 0 Å². The minimum absolute atomic E-state index is 0.0348.